The highest BCUT2D eigenvalue weighted by Crippen LogP contribution is 2.36. The minimum Gasteiger partial charge on any atom is -0.481 e. The van der Waals surface area contributed by atoms with Gasteiger partial charge in [0.1, 0.15) is 0 Å². The number of carboxylic acids is 1. The van der Waals surface area contributed by atoms with Gasteiger partial charge in [-0.2, -0.15) is 0 Å². The molecule has 2 aliphatic rings. The first-order valence-corrected chi connectivity index (χ1v) is 11.0. The molecule has 1 aliphatic carbocycles. The third kappa shape index (κ3) is 6.12. The lowest BCUT2D eigenvalue weighted by Gasteiger charge is -2.37. The summed E-state index contributed by atoms with van der Waals surface area (Å²) in [5.41, 5.74) is 0. The van der Waals surface area contributed by atoms with Crippen molar-refractivity contribution < 1.29 is 24.5 Å². The topological polar surface area (TPSA) is 79.2 Å². The van der Waals surface area contributed by atoms with E-state index in [-0.39, 0.29) is 24.5 Å². The highest BCUT2D eigenvalue weighted by molar-refractivity contribution is 7.09. The van der Waals surface area contributed by atoms with Crippen molar-refractivity contribution in [3.05, 3.63) is 34.5 Å². The van der Waals surface area contributed by atoms with Crippen LogP contribution in [-0.4, -0.2) is 65.6 Å². The molecular weight excluding hydrogens is 378 g/mol. The summed E-state index contributed by atoms with van der Waals surface area (Å²) >= 11 is 1.69. The average Bonchev–Trinajstić information content (AvgIpc) is 3.31. The highest BCUT2D eigenvalue weighted by atomic mass is 32.1. The van der Waals surface area contributed by atoms with Crippen LogP contribution in [0.3, 0.4) is 0 Å². The number of carboxylic acid groups (broad SMARTS) is 1. The second kappa shape index (κ2) is 11.1. The van der Waals surface area contributed by atoms with Gasteiger partial charge in [0, 0.05) is 42.8 Å². The van der Waals surface area contributed by atoms with Crippen LogP contribution < -0.4 is 0 Å². The number of carbonyl (C=O) groups is 1. The molecule has 4 atom stereocenters. The summed E-state index contributed by atoms with van der Waals surface area (Å²) in [6.45, 7) is 3.70. The van der Waals surface area contributed by atoms with Crippen molar-refractivity contribution in [1.29, 1.82) is 0 Å². The van der Waals surface area contributed by atoms with Gasteiger partial charge < -0.3 is 19.7 Å². The van der Waals surface area contributed by atoms with Crippen LogP contribution in [0.2, 0.25) is 0 Å². The van der Waals surface area contributed by atoms with Gasteiger partial charge in [0.05, 0.1) is 32.0 Å². The number of allylic oxidation sites excluding steroid dienone is 2. The van der Waals surface area contributed by atoms with Gasteiger partial charge in [-0.3, -0.25) is 9.69 Å². The summed E-state index contributed by atoms with van der Waals surface area (Å²) in [6.07, 6.45) is 6.96. The number of aliphatic hydroxyl groups excluding tert-OH is 1. The van der Waals surface area contributed by atoms with E-state index in [0.29, 0.717) is 32.7 Å². The number of rotatable bonds is 10. The van der Waals surface area contributed by atoms with Crippen molar-refractivity contribution >= 4 is 17.3 Å². The van der Waals surface area contributed by atoms with Gasteiger partial charge in [-0.1, -0.05) is 18.2 Å². The molecule has 1 aromatic heterocycles. The van der Waals surface area contributed by atoms with Crippen molar-refractivity contribution in [3.8, 4) is 0 Å². The van der Waals surface area contributed by atoms with E-state index in [1.54, 1.807) is 11.3 Å². The SMILES string of the molecule is O=C(O)CCC/C=C/CC1C(OCc2cccs2)CC(O)C1N1CCOCC1. The Labute approximate surface area is 170 Å². The Morgan fingerprint density at radius 2 is 2.18 bits per heavy atom. The smallest absolute Gasteiger partial charge is 0.303 e. The van der Waals surface area contributed by atoms with Crippen molar-refractivity contribution in [3.63, 3.8) is 0 Å². The van der Waals surface area contributed by atoms with Gasteiger partial charge in [0.15, 0.2) is 0 Å². The first kappa shape index (κ1) is 21.5. The number of hydrogen-bond acceptors (Lipinski definition) is 6. The molecular formula is C21H31NO5S. The van der Waals surface area contributed by atoms with Crippen LogP contribution in [-0.2, 0) is 20.9 Å². The van der Waals surface area contributed by atoms with Crippen LogP contribution in [0.5, 0.6) is 0 Å². The number of aliphatic hydroxyl groups is 1. The summed E-state index contributed by atoms with van der Waals surface area (Å²) in [6, 6.07) is 4.19. The summed E-state index contributed by atoms with van der Waals surface area (Å²) in [7, 11) is 0. The number of unbranched alkanes of at least 4 members (excludes halogenated alkanes) is 1. The monoisotopic (exact) mass is 409 g/mol. The summed E-state index contributed by atoms with van der Waals surface area (Å²) in [5.74, 6) is -0.523. The number of nitrogens with zero attached hydrogens (tertiary/aromatic N) is 1. The van der Waals surface area contributed by atoms with Crippen molar-refractivity contribution in [2.45, 2.75) is 57.0 Å². The summed E-state index contributed by atoms with van der Waals surface area (Å²) in [4.78, 5) is 14.2. The fourth-order valence-corrected chi connectivity index (χ4v) is 4.88. The lowest BCUT2D eigenvalue weighted by molar-refractivity contribution is -0.137. The second-order valence-electron chi connectivity index (χ2n) is 7.53. The Hall–Kier alpha value is -1.25. The van der Waals surface area contributed by atoms with Crippen LogP contribution in [0.4, 0.5) is 0 Å². The number of aliphatic carboxylic acids is 1. The van der Waals surface area contributed by atoms with E-state index in [1.165, 1.54) is 4.88 Å². The number of morpholine rings is 1. The summed E-state index contributed by atoms with van der Waals surface area (Å²) in [5, 5.41) is 21.6. The molecule has 0 spiro atoms. The van der Waals surface area contributed by atoms with Gasteiger partial charge in [-0.15, -0.1) is 11.3 Å². The highest BCUT2D eigenvalue weighted by Gasteiger charge is 2.45. The third-order valence-electron chi connectivity index (χ3n) is 5.61. The quantitative estimate of drug-likeness (QED) is 0.457. The average molecular weight is 410 g/mol. The molecule has 1 aliphatic heterocycles. The fraction of sp³-hybridized carbons (Fsp3) is 0.667. The standard InChI is InChI=1S/C21H31NO5S/c23-18-14-19(27-15-16-6-5-13-28-16)17(7-3-1-2-4-8-20(24)25)21(18)22-9-11-26-12-10-22/h1,3,5-6,13,17-19,21,23H,2,4,7-12,14-15H2,(H,24,25)/b3-1+. The molecule has 2 heterocycles. The molecule has 0 radical (unpaired) electrons. The van der Waals surface area contributed by atoms with Crippen LogP contribution in [0.15, 0.2) is 29.7 Å². The zero-order chi connectivity index (χ0) is 19.8. The Kier molecular flexibility index (Phi) is 8.48. The lowest BCUT2D eigenvalue weighted by atomic mass is 9.94. The van der Waals surface area contributed by atoms with Crippen LogP contribution in [0.1, 0.15) is 37.0 Å². The summed E-state index contributed by atoms with van der Waals surface area (Å²) < 4.78 is 11.7. The maximum atomic E-state index is 10.8. The lowest BCUT2D eigenvalue weighted by Crippen LogP contribution is -2.50. The van der Waals surface area contributed by atoms with Crippen LogP contribution in [0.25, 0.3) is 0 Å². The van der Waals surface area contributed by atoms with Gasteiger partial charge in [0.2, 0.25) is 0 Å². The Bertz CT molecular complexity index is 614. The number of hydrogen-bond donors (Lipinski definition) is 2. The molecule has 1 saturated carbocycles. The molecule has 6 nitrogen and oxygen atoms in total. The van der Waals surface area contributed by atoms with Crippen LogP contribution >= 0.6 is 11.3 Å². The fourth-order valence-electron chi connectivity index (χ4n) is 4.26. The van der Waals surface area contributed by atoms with Gasteiger partial charge in [-0.25, -0.2) is 0 Å². The zero-order valence-corrected chi connectivity index (χ0v) is 17.1. The number of ether oxygens (including phenoxy) is 2. The first-order valence-electron chi connectivity index (χ1n) is 10.2. The van der Waals surface area contributed by atoms with Crippen molar-refractivity contribution in [2.24, 2.45) is 5.92 Å². The Morgan fingerprint density at radius 1 is 1.36 bits per heavy atom. The number of thiophene rings is 1. The molecule has 0 amide bonds. The Morgan fingerprint density at radius 3 is 2.89 bits per heavy atom. The second-order valence-corrected chi connectivity index (χ2v) is 8.56. The molecule has 7 heteroatoms. The van der Waals surface area contributed by atoms with E-state index in [1.807, 2.05) is 6.07 Å². The van der Waals surface area contributed by atoms with Crippen molar-refractivity contribution in [2.75, 3.05) is 26.3 Å². The maximum absolute atomic E-state index is 10.8. The molecule has 2 N–H and O–H groups in total. The molecule has 3 rings (SSSR count). The van der Waals surface area contributed by atoms with Gasteiger partial charge >= 0.3 is 5.97 Å². The molecule has 0 bridgehead atoms. The normalized spacial score (nSPS) is 28.9. The van der Waals surface area contributed by atoms with E-state index < -0.39 is 12.1 Å². The van der Waals surface area contributed by atoms with E-state index in [0.717, 1.165) is 25.9 Å². The molecule has 4 unspecified atom stereocenters. The van der Waals surface area contributed by atoms with E-state index in [9.17, 15) is 9.90 Å². The van der Waals surface area contributed by atoms with E-state index in [2.05, 4.69) is 28.5 Å². The molecule has 28 heavy (non-hydrogen) atoms. The van der Waals surface area contributed by atoms with Gasteiger partial charge in [-0.05, 0) is 30.7 Å². The molecule has 1 saturated heterocycles. The van der Waals surface area contributed by atoms with E-state index in [4.69, 9.17) is 14.6 Å². The molecule has 0 aromatic carbocycles. The maximum Gasteiger partial charge on any atom is 0.303 e. The Balaban J connectivity index is 1.60. The molecule has 2 fully saturated rings. The van der Waals surface area contributed by atoms with Gasteiger partial charge in [0.25, 0.3) is 0 Å². The predicted molar refractivity (Wildman–Crippen MR) is 108 cm³/mol. The molecule has 1 aromatic rings. The third-order valence-corrected chi connectivity index (χ3v) is 6.46. The zero-order valence-electron chi connectivity index (χ0n) is 16.2. The van der Waals surface area contributed by atoms with E-state index >= 15 is 0 Å². The van der Waals surface area contributed by atoms with Crippen molar-refractivity contribution in [1.82, 2.24) is 4.90 Å². The molecule has 156 valence electrons. The van der Waals surface area contributed by atoms with Crippen LogP contribution in [0, 0.1) is 5.92 Å². The minimum absolute atomic E-state index is 0.0219. The predicted octanol–water partition coefficient (Wildman–Crippen LogP) is 2.92. The minimum atomic E-state index is -0.748. The first-order chi connectivity index (χ1) is 13.6. The largest absolute Gasteiger partial charge is 0.481 e.